The lowest BCUT2D eigenvalue weighted by molar-refractivity contribution is -0.142. The van der Waals surface area contributed by atoms with E-state index in [4.69, 9.17) is 4.74 Å². The number of aryl methyl sites for hydroxylation is 1. The third-order valence-corrected chi connectivity index (χ3v) is 5.57. The first-order chi connectivity index (χ1) is 17.4. The van der Waals surface area contributed by atoms with Crippen LogP contribution in [0.4, 0.5) is 4.79 Å². The van der Waals surface area contributed by atoms with Crippen molar-refractivity contribution < 1.29 is 19.1 Å². The second-order valence-electron chi connectivity index (χ2n) is 10.4. The van der Waals surface area contributed by atoms with Gasteiger partial charge < -0.3 is 20.3 Å². The number of nitrogens with one attached hydrogen (secondary N) is 2. The fourth-order valence-electron chi connectivity index (χ4n) is 3.94. The molecule has 0 bridgehead atoms. The summed E-state index contributed by atoms with van der Waals surface area (Å²) >= 11 is 0. The molecule has 2 unspecified atom stereocenters. The zero-order chi connectivity index (χ0) is 27.6. The molecular weight excluding hydrogens is 468 g/mol. The van der Waals surface area contributed by atoms with E-state index < -0.39 is 35.6 Å². The molecule has 2 aromatic rings. The van der Waals surface area contributed by atoms with E-state index in [9.17, 15) is 19.6 Å². The van der Waals surface area contributed by atoms with Crippen LogP contribution in [0.3, 0.4) is 0 Å². The minimum atomic E-state index is -1.06. The highest BCUT2D eigenvalue weighted by molar-refractivity contribution is 5.92. The zero-order valence-electron chi connectivity index (χ0n) is 22.6. The van der Waals surface area contributed by atoms with Gasteiger partial charge in [-0.1, -0.05) is 68.4 Å². The van der Waals surface area contributed by atoms with Crippen molar-refractivity contribution in [3.63, 3.8) is 0 Å². The molecule has 0 saturated carbocycles. The molecule has 3 amide bonds. The van der Waals surface area contributed by atoms with Gasteiger partial charge in [0, 0.05) is 6.54 Å². The summed E-state index contributed by atoms with van der Waals surface area (Å²) in [4.78, 5) is 41.3. The normalized spacial score (nSPS) is 12.7. The molecule has 2 rings (SSSR count). The quantitative estimate of drug-likeness (QED) is 0.456. The van der Waals surface area contributed by atoms with E-state index >= 15 is 0 Å². The third-order valence-electron chi connectivity index (χ3n) is 5.57. The highest BCUT2D eigenvalue weighted by atomic mass is 16.6. The van der Waals surface area contributed by atoms with Crippen molar-refractivity contribution in [3.8, 4) is 6.07 Å². The number of carbonyl (C=O) groups is 3. The number of amides is 3. The van der Waals surface area contributed by atoms with E-state index in [1.165, 1.54) is 4.90 Å². The number of carbonyl (C=O) groups excluding carboxylic acids is 3. The van der Waals surface area contributed by atoms with Gasteiger partial charge in [0.1, 0.15) is 24.2 Å². The Morgan fingerprint density at radius 2 is 1.65 bits per heavy atom. The first kappa shape index (κ1) is 29.4. The number of hydrogen-bond donors (Lipinski definition) is 2. The molecule has 2 atom stereocenters. The van der Waals surface area contributed by atoms with Gasteiger partial charge in [0.15, 0.2) is 0 Å². The van der Waals surface area contributed by atoms with Gasteiger partial charge in [0.05, 0.1) is 6.07 Å². The number of benzene rings is 2. The molecule has 0 saturated heterocycles. The summed E-state index contributed by atoms with van der Waals surface area (Å²) in [5.41, 5.74) is 1.57. The number of nitriles is 1. The molecule has 2 N–H and O–H groups in total. The molecule has 0 fully saturated rings. The summed E-state index contributed by atoms with van der Waals surface area (Å²) in [6.07, 6.45) is -0.420. The second kappa shape index (κ2) is 13.4. The standard InChI is InChI=1S/C29H38N4O4/c1-20(2)18-24(32-28(36)37-29(4,5)6)27(35)33(17-16-30)25(23-15-11-10-12-21(23)3)26(34)31-19-22-13-8-7-9-14-22/h7-15,20,24-25H,17-19H2,1-6H3,(H,31,34)(H,32,36). The highest BCUT2D eigenvalue weighted by Gasteiger charge is 2.37. The Labute approximate surface area is 220 Å². The maximum atomic E-state index is 13.9. The third kappa shape index (κ3) is 9.26. The second-order valence-corrected chi connectivity index (χ2v) is 10.4. The number of rotatable bonds is 10. The summed E-state index contributed by atoms with van der Waals surface area (Å²) in [7, 11) is 0. The van der Waals surface area contributed by atoms with Crippen LogP contribution in [0, 0.1) is 24.2 Å². The lowest BCUT2D eigenvalue weighted by Gasteiger charge is -2.34. The van der Waals surface area contributed by atoms with Gasteiger partial charge in [0.2, 0.25) is 11.8 Å². The van der Waals surface area contributed by atoms with Crippen molar-refractivity contribution in [2.75, 3.05) is 6.54 Å². The molecule has 2 aromatic carbocycles. The topological polar surface area (TPSA) is 112 Å². The van der Waals surface area contributed by atoms with Crippen molar-refractivity contribution in [2.24, 2.45) is 5.92 Å². The number of nitrogens with zero attached hydrogens (tertiary/aromatic N) is 2. The number of alkyl carbamates (subject to hydrolysis) is 1. The van der Waals surface area contributed by atoms with Gasteiger partial charge in [-0.3, -0.25) is 9.59 Å². The minimum Gasteiger partial charge on any atom is -0.444 e. The van der Waals surface area contributed by atoms with Crippen molar-refractivity contribution in [2.45, 2.75) is 72.2 Å². The predicted octanol–water partition coefficient (Wildman–Crippen LogP) is 4.64. The average Bonchev–Trinajstić information content (AvgIpc) is 2.82. The van der Waals surface area contributed by atoms with Gasteiger partial charge in [-0.2, -0.15) is 5.26 Å². The molecule has 0 radical (unpaired) electrons. The van der Waals surface area contributed by atoms with Crippen LogP contribution < -0.4 is 10.6 Å². The van der Waals surface area contributed by atoms with E-state index in [-0.39, 0.29) is 19.0 Å². The van der Waals surface area contributed by atoms with Crippen LogP contribution >= 0.6 is 0 Å². The van der Waals surface area contributed by atoms with Crippen LogP contribution in [0.15, 0.2) is 54.6 Å². The van der Waals surface area contributed by atoms with Gasteiger partial charge >= 0.3 is 6.09 Å². The highest BCUT2D eigenvalue weighted by Crippen LogP contribution is 2.26. The minimum absolute atomic E-state index is 0.0524. The van der Waals surface area contributed by atoms with Gasteiger partial charge in [-0.15, -0.1) is 0 Å². The molecule has 0 aliphatic heterocycles. The van der Waals surface area contributed by atoms with Crippen LogP contribution in [-0.2, 0) is 20.9 Å². The SMILES string of the molecule is Cc1ccccc1C(C(=O)NCc1ccccc1)N(CC#N)C(=O)C(CC(C)C)NC(=O)OC(C)(C)C. The number of ether oxygens (including phenoxy) is 1. The molecule has 198 valence electrons. The van der Waals surface area contributed by atoms with E-state index in [0.29, 0.717) is 12.0 Å². The van der Waals surface area contributed by atoms with Crippen LogP contribution in [0.5, 0.6) is 0 Å². The molecule has 37 heavy (non-hydrogen) atoms. The first-order valence-electron chi connectivity index (χ1n) is 12.5. The molecular formula is C29H38N4O4. The van der Waals surface area contributed by atoms with E-state index in [2.05, 4.69) is 10.6 Å². The van der Waals surface area contributed by atoms with Crippen LogP contribution in [-0.4, -0.2) is 41.0 Å². The Hall–Kier alpha value is -3.86. The summed E-state index contributed by atoms with van der Waals surface area (Å²) in [5.74, 6) is -0.886. The van der Waals surface area contributed by atoms with E-state index in [1.807, 2.05) is 69.3 Å². The van der Waals surface area contributed by atoms with Crippen molar-refractivity contribution in [3.05, 3.63) is 71.3 Å². The van der Waals surface area contributed by atoms with Crippen LogP contribution in [0.2, 0.25) is 0 Å². The number of hydrogen-bond acceptors (Lipinski definition) is 5. The lowest BCUT2D eigenvalue weighted by atomic mass is 9.96. The predicted molar refractivity (Wildman–Crippen MR) is 142 cm³/mol. The summed E-state index contributed by atoms with van der Waals surface area (Å²) in [6.45, 7) is 10.8. The van der Waals surface area contributed by atoms with E-state index in [1.54, 1.807) is 32.9 Å². The summed E-state index contributed by atoms with van der Waals surface area (Å²) < 4.78 is 5.37. The fourth-order valence-corrected chi connectivity index (χ4v) is 3.94. The largest absolute Gasteiger partial charge is 0.444 e. The zero-order valence-corrected chi connectivity index (χ0v) is 22.6. The Kier molecular flexibility index (Phi) is 10.7. The Bertz CT molecular complexity index is 1100. The molecule has 0 aromatic heterocycles. The maximum absolute atomic E-state index is 13.9. The molecule has 0 heterocycles. The lowest BCUT2D eigenvalue weighted by Crippen LogP contribution is -2.53. The monoisotopic (exact) mass is 506 g/mol. The van der Waals surface area contributed by atoms with Gasteiger partial charge in [0.25, 0.3) is 0 Å². The maximum Gasteiger partial charge on any atom is 0.408 e. The van der Waals surface area contributed by atoms with Crippen LogP contribution in [0.1, 0.15) is 63.8 Å². The Balaban J connectivity index is 2.44. The van der Waals surface area contributed by atoms with Crippen LogP contribution in [0.25, 0.3) is 0 Å². The summed E-state index contributed by atoms with van der Waals surface area (Å²) in [5, 5.41) is 15.2. The van der Waals surface area contributed by atoms with Gasteiger partial charge in [-0.25, -0.2) is 4.79 Å². The molecule has 8 nitrogen and oxygen atoms in total. The fraction of sp³-hybridized carbons (Fsp3) is 0.448. The van der Waals surface area contributed by atoms with Crippen molar-refractivity contribution in [1.29, 1.82) is 5.26 Å². The van der Waals surface area contributed by atoms with Crippen molar-refractivity contribution in [1.82, 2.24) is 15.5 Å². The average molecular weight is 507 g/mol. The van der Waals surface area contributed by atoms with E-state index in [0.717, 1.165) is 11.1 Å². The molecule has 0 aliphatic rings. The van der Waals surface area contributed by atoms with Crippen molar-refractivity contribution >= 4 is 17.9 Å². The van der Waals surface area contributed by atoms with Gasteiger partial charge in [-0.05, 0) is 56.7 Å². The Morgan fingerprint density at radius 3 is 2.22 bits per heavy atom. The molecule has 0 spiro atoms. The Morgan fingerprint density at radius 1 is 1.03 bits per heavy atom. The molecule has 8 heteroatoms. The smallest absolute Gasteiger partial charge is 0.408 e. The first-order valence-corrected chi connectivity index (χ1v) is 12.5. The summed E-state index contributed by atoms with van der Waals surface area (Å²) in [6, 6.07) is 16.7. The molecule has 0 aliphatic carbocycles.